The quantitative estimate of drug-likeness (QED) is 0.361. The fraction of sp³-hybridized carbons (Fsp3) is 0.200. The van der Waals surface area contributed by atoms with Crippen LogP contribution >= 0.6 is 22.6 Å². The maximum atomic E-state index is 13.7. The molecule has 0 aliphatic carbocycles. The van der Waals surface area contributed by atoms with E-state index >= 15 is 0 Å². The van der Waals surface area contributed by atoms with Crippen molar-refractivity contribution in [3.63, 3.8) is 0 Å². The Morgan fingerprint density at radius 2 is 1.88 bits per heavy atom. The maximum absolute atomic E-state index is 13.7. The number of ether oxygens (including phenoxy) is 2. The van der Waals surface area contributed by atoms with Gasteiger partial charge >= 0.3 is 5.97 Å². The number of methoxy groups -OCH3 is 2. The van der Waals surface area contributed by atoms with Crippen molar-refractivity contribution >= 4 is 34.8 Å². The summed E-state index contributed by atoms with van der Waals surface area (Å²) in [4.78, 5) is 22.0. The van der Waals surface area contributed by atoms with Gasteiger partial charge in [0.2, 0.25) is 0 Å². The summed E-state index contributed by atoms with van der Waals surface area (Å²) >= 11 is 1.48. The number of hydrogen-bond donors (Lipinski definition) is 0. The first-order valence-corrected chi connectivity index (χ1v) is 5.35. The fourth-order valence-corrected chi connectivity index (χ4v) is 1.99. The highest BCUT2D eigenvalue weighted by Crippen LogP contribution is 2.32. The van der Waals surface area contributed by atoms with Gasteiger partial charge in [-0.2, -0.15) is 0 Å². The van der Waals surface area contributed by atoms with Crippen LogP contribution in [0.15, 0.2) is 0 Å². The molecule has 17 heavy (non-hydrogen) atoms. The van der Waals surface area contributed by atoms with Gasteiger partial charge in [0.1, 0.15) is 5.56 Å². The molecule has 7 heteroatoms. The number of hydrogen-bond acceptors (Lipinski definition) is 4. The summed E-state index contributed by atoms with van der Waals surface area (Å²) in [6.07, 6.45) is 0.0242. The van der Waals surface area contributed by atoms with Gasteiger partial charge in [0.25, 0.3) is 0 Å². The normalized spacial score (nSPS) is 9.94. The van der Waals surface area contributed by atoms with Gasteiger partial charge in [-0.15, -0.1) is 0 Å². The molecule has 0 aliphatic heterocycles. The molecular formula is C10H7F2IO4. The van der Waals surface area contributed by atoms with E-state index in [9.17, 15) is 18.4 Å². The number of halogens is 3. The molecule has 1 aromatic rings. The van der Waals surface area contributed by atoms with E-state index in [4.69, 9.17) is 0 Å². The van der Waals surface area contributed by atoms with Crippen molar-refractivity contribution in [2.75, 3.05) is 14.2 Å². The molecule has 0 heterocycles. The van der Waals surface area contributed by atoms with E-state index < -0.39 is 28.9 Å². The van der Waals surface area contributed by atoms with E-state index in [1.165, 1.54) is 22.6 Å². The van der Waals surface area contributed by atoms with Crippen LogP contribution in [0.5, 0.6) is 5.75 Å². The zero-order valence-corrected chi connectivity index (χ0v) is 11.0. The number of benzene rings is 1. The minimum atomic E-state index is -1.22. The summed E-state index contributed by atoms with van der Waals surface area (Å²) < 4.78 is 36.1. The Bertz CT molecular complexity index is 488. The van der Waals surface area contributed by atoms with Gasteiger partial charge in [-0.05, 0) is 22.6 Å². The third-order valence-electron chi connectivity index (χ3n) is 2.02. The summed E-state index contributed by atoms with van der Waals surface area (Å²) in [6, 6.07) is 0. The van der Waals surface area contributed by atoms with Gasteiger partial charge in [-0.1, -0.05) is 0 Å². The lowest BCUT2D eigenvalue weighted by Crippen LogP contribution is -2.12. The molecule has 0 radical (unpaired) electrons. The first kappa shape index (κ1) is 13.8. The molecule has 1 aromatic carbocycles. The predicted molar refractivity (Wildman–Crippen MR) is 62.4 cm³/mol. The maximum Gasteiger partial charge on any atom is 0.342 e. The van der Waals surface area contributed by atoms with Gasteiger partial charge in [-0.25, -0.2) is 13.6 Å². The molecule has 0 aliphatic rings. The number of aldehydes is 1. The third-order valence-corrected chi connectivity index (χ3v) is 3.04. The van der Waals surface area contributed by atoms with Crippen LogP contribution in [0.2, 0.25) is 0 Å². The Balaban J connectivity index is 3.71. The van der Waals surface area contributed by atoms with Crippen molar-refractivity contribution in [3.8, 4) is 5.75 Å². The molecule has 0 aromatic heterocycles. The molecule has 0 atom stereocenters. The van der Waals surface area contributed by atoms with Crippen molar-refractivity contribution in [1.82, 2.24) is 0 Å². The number of esters is 1. The Morgan fingerprint density at radius 3 is 2.29 bits per heavy atom. The van der Waals surface area contributed by atoms with E-state index in [1.54, 1.807) is 0 Å². The number of rotatable bonds is 3. The average molecular weight is 356 g/mol. The van der Waals surface area contributed by atoms with Crippen LogP contribution in [0.3, 0.4) is 0 Å². The highest BCUT2D eigenvalue weighted by Gasteiger charge is 2.28. The molecular weight excluding hydrogens is 349 g/mol. The van der Waals surface area contributed by atoms with Crippen molar-refractivity contribution < 1.29 is 27.8 Å². The van der Waals surface area contributed by atoms with Gasteiger partial charge in [0.05, 0.1) is 23.4 Å². The lowest BCUT2D eigenvalue weighted by molar-refractivity contribution is 0.0593. The highest BCUT2D eigenvalue weighted by atomic mass is 127. The molecule has 4 nitrogen and oxygen atoms in total. The van der Waals surface area contributed by atoms with Crippen LogP contribution in [0.4, 0.5) is 8.78 Å². The fourth-order valence-electron chi connectivity index (χ4n) is 1.24. The molecule has 0 saturated carbocycles. The lowest BCUT2D eigenvalue weighted by atomic mass is 10.1. The zero-order chi connectivity index (χ0) is 13.2. The van der Waals surface area contributed by atoms with Crippen LogP contribution in [-0.2, 0) is 4.74 Å². The van der Waals surface area contributed by atoms with E-state index in [0.29, 0.717) is 0 Å². The van der Waals surface area contributed by atoms with Crippen molar-refractivity contribution in [2.24, 2.45) is 0 Å². The summed E-state index contributed by atoms with van der Waals surface area (Å²) in [7, 11) is 2.18. The second-order valence-electron chi connectivity index (χ2n) is 2.87. The van der Waals surface area contributed by atoms with E-state index in [2.05, 4.69) is 9.47 Å². The van der Waals surface area contributed by atoms with Crippen molar-refractivity contribution in [3.05, 3.63) is 26.3 Å². The number of carbonyl (C=O) groups excluding carboxylic acids is 2. The minimum Gasteiger partial charge on any atom is -0.493 e. The molecule has 0 bridgehead atoms. The Hall–Kier alpha value is -1.25. The summed E-state index contributed by atoms with van der Waals surface area (Å²) in [5, 5.41) is 0. The van der Waals surface area contributed by atoms with Gasteiger partial charge < -0.3 is 9.47 Å². The zero-order valence-electron chi connectivity index (χ0n) is 8.84. The number of carbonyl (C=O) groups is 2. The summed E-state index contributed by atoms with van der Waals surface area (Å²) in [5.74, 6) is -3.79. The topological polar surface area (TPSA) is 52.6 Å². The predicted octanol–water partition coefficient (Wildman–Crippen LogP) is 2.18. The molecule has 1 rings (SSSR count). The van der Waals surface area contributed by atoms with Crippen molar-refractivity contribution in [2.45, 2.75) is 0 Å². The van der Waals surface area contributed by atoms with Gasteiger partial charge in [-0.3, -0.25) is 4.79 Å². The average Bonchev–Trinajstić information content (AvgIpc) is 2.33. The monoisotopic (exact) mass is 356 g/mol. The van der Waals surface area contributed by atoms with Crippen LogP contribution in [0.25, 0.3) is 0 Å². The van der Waals surface area contributed by atoms with Gasteiger partial charge in [0.15, 0.2) is 23.7 Å². The molecule has 0 N–H and O–H groups in total. The molecule has 92 valence electrons. The van der Waals surface area contributed by atoms with E-state index in [1.807, 2.05) is 0 Å². The standard InChI is InChI=1S/C10H7F2IO4/c1-16-9-5(10(15)17-2)8(13)6(11)4(3-14)7(9)12/h3H,1-2H3. The Kier molecular flexibility index (Phi) is 4.38. The Labute approximate surface area is 109 Å². The second-order valence-corrected chi connectivity index (χ2v) is 3.95. The largest absolute Gasteiger partial charge is 0.493 e. The summed E-state index contributed by atoms with van der Waals surface area (Å²) in [6.45, 7) is 0. The third kappa shape index (κ3) is 2.24. The summed E-state index contributed by atoms with van der Waals surface area (Å²) in [5.41, 5.74) is -1.16. The van der Waals surface area contributed by atoms with Crippen LogP contribution in [0, 0.1) is 15.2 Å². The van der Waals surface area contributed by atoms with Crippen LogP contribution in [-0.4, -0.2) is 26.5 Å². The smallest absolute Gasteiger partial charge is 0.342 e. The first-order valence-electron chi connectivity index (χ1n) is 4.27. The molecule has 0 amide bonds. The van der Waals surface area contributed by atoms with Gasteiger partial charge in [0, 0.05) is 0 Å². The first-order chi connectivity index (χ1) is 7.99. The van der Waals surface area contributed by atoms with Crippen LogP contribution < -0.4 is 4.74 Å². The van der Waals surface area contributed by atoms with Crippen LogP contribution in [0.1, 0.15) is 20.7 Å². The molecule has 0 spiro atoms. The highest BCUT2D eigenvalue weighted by molar-refractivity contribution is 14.1. The Morgan fingerprint density at radius 1 is 1.29 bits per heavy atom. The SMILES string of the molecule is COC(=O)c1c(I)c(F)c(C=O)c(F)c1OC. The van der Waals surface area contributed by atoms with E-state index in [0.717, 1.165) is 14.2 Å². The second kappa shape index (κ2) is 5.39. The van der Waals surface area contributed by atoms with Crippen molar-refractivity contribution in [1.29, 1.82) is 0 Å². The van der Waals surface area contributed by atoms with E-state index in [-0.39, 0.29) is 15.4 Å². The molecule has 0 saturated heterocycles. The molecule has 0 unspecified atom stereocenters. The minimum absolute atomic E-state index is 0.0242. The molecule has 0 fully saturated rings. The lowest BCUT2D eigenvalue weighted by Gasteiger charge is -2.12.